The van der Waals surface area contributed by atoms with Crippen LogP contribution in [0.2, 0.25) is 0 Å². The van der Waals surface area contributed by atoms with Crippen molar-refractivity contribution in [2.45, 2.75) is 25.9 Å². The zero-order valence-electron chi connectivity index (χ0n) is 14.9. The van der Waals surface area contributed by atoms with Crippen molar-refractivity contribution in [2.24, 2.45) is 9.98 Å². The van der Waals surface area contributed by atoms with E-state index in [1.54, 1.807) is 12.4 Å². The topological polar surface area (TPSA) is 91.0 Å². The van der Waals surface area contributed by atoms with Gasteiger partial charge in [0.05, 0.1) is 47.7 Å². The molecule has 0 radical (unpaired) electrons. The fraction of sp³-hybridized carbons (Fsp3) is 0.300. The second-order valence-corrected chi connectivity index (χ2v) is 6.30. The number of aliphatic hydroxyl groups excluding tert-OH is 2. The molecule has 3 aromatic rings. The van der Waals surface area contributed by atoms with Gasteiger partial charge in [0.25, 0.3) is 0 Å². The molecule has 0 amide bonds. The van der Waals surface area contributed by atoms with E-state index in [2.05, 4.69) is 20.0 Å². The molecule has 26 heavy (non-hydrogen) atoms. The maximum absolute atomic E-state index is 9.09. The zero-order valence-corrected chi connectivity index (χ0v) is 14.9. The third-order valence-electron chi connectivity index (χ3n) is 4.01. The van der Waals surface area contributed by atoms with Gasteiger partial charge in [-0.25, -0.2) is 9.97 Å². The van der Waals surface area contributed by atoms with Crippen molar-refractivity contribution in [2.75, 3.05) is 13.2 Å². The van der Waals surface area contributed by atoms with Crippen molar-refractivity contribution in [1.82, 2.24) is 9.97 Å². The van der Waals surface area contributed by atoms with Crippen LogP contribution in [0.1, 0.15) is 25.2 Å². The second kappa shape index (κ2) is 8.12. The molecule has 0 saturated carbocycles. The minimum absolute atomic E-state index is 0.00350. The Morgan fingerprint density at radius 2 is 1.15 bits per heavy atom. The summed E-state index contributed by atoms with van der Waals surface area (Å²) in [5, 5.41) is 20.2. The van der Waals surface area contributed by atoms with Crippen LogP contribution >= 0.6 is 0 Å². The van der Waals surface area contributed by atoms with Gasteiger partial charge in [-0.3, -0.25) is 9.98 Å². The van der Waals surface area contributed by atoms with Crippen LogP contribution in [0.5, 0.6) is 0 Å². The third kappa shape index (κ3) is 4.09. The summed E-state index contributed by atoms with van der Waals surface area (Å²) in [6, 6.07) is 11.5. The molecule has 0 saturated heterocycles. The van der Waals surface area contributed by atoms with Gasteiger partial charge in [-0.1, -0.05) is 24.3 Å². The first-order chi connectivity index (χ1) is 12.6. The summed E-state index contributed by atoms with van der Waals surface area (Å²) in [4.78, 5) is 17.9. The average Bonchev–Trinajstić information content (AvgIpc) is 2.69. The molecule has 0 aliphatic heterocycles. The zero-order chi connectivity index (χ0) is 18.5. The van der Waals surface area contributed by atoms with Crippen LogP contribution in [0.3, 0.4) is 0 Å². The highest BCUT2D eigenvalue weighted by atomic mass is 16.3. The van der Waals surface area contributed by atoms with E-state index in [0.717, 1.165) is 33.2 Å². The molecule has 0 bridgehead atoms. The third-order valence-corrected chi connectivity index (χ3v) is 4.01. The van der Waals surface area contributed by atoms with E-state index in [-0.39, 0.29) is 25.3 Å². The summed E-state index contributed by atoms with van der Waals surface area (Å²) in [5.74, 6) is 0. The van der Waals surface area contributed by atoms with Crippen LogP contribution in [-0.2, 0) is 0 Å². The molecule has 0 spiro atoms. The smallest absolute Gasteiger partial charge is 0.0972 e. The second-order valence-electron chi connectivity index (χ2n) is 6.30. The molecule has 0 aliphatic carbocycles. The minimum Gasteiger partial charge on any atom is -0.394 e. The molecular weight excluding hydrogens is 328 g/mol. The van der Waals surface area contributed by atoms with Crippen LogP contribution in [0.15, 0.2) is 46.4 Å². The Labute approximate surface area is 152 Å². The van der Waals surface area contributed by atoms with Crippen LogP contribution in [0.25, 0.3) is 21.8 Å². The highest BCUT2D eigenvalue weighted by molar-refractivity contribution is 6.04. The van der Waals surface area contributed by atoms with Crippen LogP contribution < -0.4 is 0 Å². The molecule has 3 rings (SSSR count). The molecule has 6 nitrogen and oxygen atoms in total. The number of aliphatic hydroxyl groups is 2. The summed E-state index contributed by atoms with van der Waals surface area (Å²) in [7, 11) is 0. The molecule has 2 atom stereocenters. The molecule has 0 unspecified atom stereocenters. The monoisotopic (exact) mass is 350 g/mol. The molecule has 134 valence electrons. The van der Waals surface area contributed by atoms with Gasteiger partial charge in [-0.15, -0.1) is 0 Å². The Morgan fingerprint density at radius 3 is 1.54 bits per heavy atom. The highest BCUT2D eigenvalue weighted by Crippen LogP contribution is 2.22. The molecule has 2 heterocycles. The van der Waals surface area contributed by atoms with Gasteiger partial charge in [0.1, 0.15) is 0 Å². The number of aliphatic imine (C=N–C) groups is 2. The lowest BCUT2D eigenvalue weighted by Gasteiger charge is -2.06. The first kappa shape index (κ1) is 18.1. The quantitative estimate of drug-likeness (QED) is 0.527. The number of aromatic nitrogens is 2. The maximum Gasteiger partial charge on any atom is 0.0972 e. The number of nitrogens with zero attached hydrogens (tertiary/aromatic N) is 4. The van der Waals surface area contributed by atoms with E-state index in [0.29, 0.717) is 0 Å². The molecule has 1 aromatic carbocycles. The first-order valence-corrected chi connectivity index (χ1v) is 8.59. The number of hydrogen-bond acceptors (Lipinski definition) is 6. The van der Waals surface area contributed by atoms with Gasteiger partial charge >= 0.3 is 0 Å². The summed E-state index contributed by atoms with van der Waals surface area (Å²) < 4.78 is 0. The van der Waals surface area contributed by atoms with Gasteiger partial charge in [0.15, 0.2) is 0 Å². The summed E-state index contributed by atoms with van der Waals surface area (Å²) >= 11 is 0. The fourth-order valence-corrected chi connectivity index (χ4v) is 2.44. The predicted octanol–water partition coefficient (Wildman–Crippen LogP) is 2.38. The van der Waals surface area contributed by atoms with Crippen molar-refractivity contribution >= 4 is 34.2 Å². The Morgan fingerprint density at radius 1 is 0.769 bits per heavy atom. The van der Waals surface area contributed by atoms with E-state index in [1.165, 1.54) is 0 Å². The Bertz CT molecular complexity index is 890. The predicted molar refractivity (Wildman–Crippen MR) is 105 cm³/mol. The van der Waals surface area contributed by atoms with Crippen molar-refractivity contribution < 1.29 is 10.2 Å². The van der Waals surface area contributed by atoms with Gasteiger partial charge in [-0.2, -0.15) is 0 Å². The SMILES string of the molecule is C[C@H](CO)N=Cc1ccc2ccc3ccc(C=N[C@H](C)CO)nc3c2n1. The fourth-order valence-electron chi connectivity index (χ4n) is 2.44. The average molecular weight is 350 g/mol. The molecule has 2 N–H and O–H groups in total. The lowest BCUT2D eigenvalue weighted by molar-refractivity contribution is 0.274. The van der Waals surface area contributed by atoms with E-state index in [4.69, 9.17) is 10.2 Å². The Kier molecular flexibility index (Phi) is 5.65. The van der Waals surface area contributed by atoms with Gasteiger partial charge in [-0.05, 0) is 26.0 Å². The molecule has 0 fully saturated rings. The Hall–Kier alpha value is -2.70. The molecular formula is C20H22N4O2. The van der Waals surface area contributed by atoms with Crippen LogP contribution in [0, 0.1) is 0 Å². The lowest BCUT2D eigenvalue weighted by atomic mass is 10.1. The standard InChI is InChI=1S/C20H22N4O2/c1-13(11-25)21-9-17-7-5-15-3-4-16-6-8-18(10-22-14(2)12-26)24-20(16)19(15)23-17/h3-10,13-14,25-26H,11-12H2,1-2H3/t13-,14-/m1/s1. The highest BCUT2D eigenvalue weighted by Gasteiger charge is 2.06. The van der Waals surface area contributed by atoms with Crippen LogP contribution in [0.4, 0.5) is 0 Å². The van der Waals surface area contributed by atoms with E-state index in [9.17, 15) is 0 Å². The molecule has 0 aliphatic rings. The number of pyridine rings is 2. The Balaban J connectivity index is 2.06. The molecule has 6 heteroatoms. The van der Waals surface area contributed by atoms with Crippen molar-refractivity contribution in [3.8, 4) is 0 Å². The normalized spacial score (nSPS) is 14.6. The van der Waals surface area contributed by atoms with Gasteiger partial charge in [0.2, 0.25) is 0 Å². The lowest BCUT2D eigenvalue weighted by Crippen LogP contribution is -2.05. The summed E-state index contributed by atoms with van der Waals surface area (Å²) in [5.41, 5.74) is 3.04. The first-order valence-electron chi connectivity index (χ1n) is 8.59. The van der Waals surface area contributed by atoms with Gasteiger partial charge in [0, 0.05) is 23.2 Å². The number of hydrogen-bond donors (Lipinski definition) is 2. The van der Waals surface area contributed by atoms with E-state index >= 15 is 0 Å². The summed E-state index contributed by atoms with van der Waals surface area (Å²) in [6.45, 7) is 3.69. The van der Waals surface area contributed by atoms with Crippen molar-refractivity contribution in [3.05, 3.63) is 47.8 Å². The number of benzene rings is 1. The summed E-state index contributed by atoms with van der Waals surface area (Å²) in [6.07, 6.45) is 3.35. The van der Waals surface area contributed by atoms with Gasteiger partial charge < -0.3 is 10.2 Å². The van der Waals surface area contributed by atoms with E-state index < -0.39 is 0 Å². The minimum atomic E-state index is -0.158. The largest absolute Gasteiger partial charge is 0.394 e. The van der Waals surface area contributed by atoms with Crippen molar-refractivity contribution in [3.63, 3.8) is 0 Å². The molecule has 2 aromatic heterocycles. The van der Waals surface area contributed by atoms with Crippen molar-refractivity contribution in [1.29, 1.82) is 0 Å². The number of rotatable bonds is 6. The van der Waals surface area contributed by atoms with E-state index in [1.807, 2.05) is 50.2 Å². The maximum atomic E-state index is 9.09. The van der Waals surface area contributed by atoms with Crippen LogP contribution in [-0.4, -0.2) is 57.9 Å². The number of fused-ring (bicyclic) bond motifs is 3.